The highest BCUT2D eigenvalue weighted by atomic mass is 32.1. The van der Waals surface area contributed by atoms with Crippen molar-refractivity contribution < 1.29 is 14.3 Å². The van der Waals surface area contributed by atoms with E-state index in [0.717, 1.165) is 0 Å². The minimum absolute atomic E-state index is 0.372. The Hall–Kier alpha value is -1.99. The highest BCUT2D eigenvalue weighted by Gasteiger charge is 2.18. The van der Waals surface area contributed by atoms with Gasteiger partial charge in [0.05, 0.1) is 12.1 Å². The monoisotopic (exact) mass is 295 g/mol. The third-order valence-electron chi connectivity index (χ3n) is 2.70. The Balaban J connectivity index is 1.91. The van der Waals surface area contributed by atoms with Gasteiger partial charge >= 0.3 is 6.03 Å². The van der Waals surface area contributed by atoms with Gasteiger partial charge in [-0.05, 0) is 24.6 Å². The molecule has 2 aromatic rings. The molecule has 20 heavy (non-hydrogen) atoms. The summed E-state index contributed by atoms with van der Waals surface area (Å²) in [5.74, 6) is -0.372. The van der Waals surface area contributed by atoms with E-state index in [0.29, 0.717) is 10.7 Å². The van der Waals surface area contributed by atoms with Crippen molar-refractivity contribution in [3.63, 3.8) is 0 Å². The summed E-state index contributed by atoms with van der Waals surface area (Å²) < 4.78 is 12.8. The van der Waals surface area contributed by atoms with Crippen LogP contribution >= 0.6 is 11.3 Å². The van der Waals surface area contributed by atoms with Crippen LogP contribution in [0.3, 0.4) is 0 Å². The minimum atomic E-state index is -0.919. The smallest absolute Gasteiger partial charge is 0.321 e. The molecule has 0 spiro atoms. The number of hydrogen-bond acceptors (Lipinski definition) is 4. The summed E-state index contributed by atoms with van der Waals surface area (Å²) in [7, 11) is 0. The third kappa shape index (κ3) is 3.75. The first-order chi connectivity index (χ1) is 9.56. The van der Waals surface area contributed by atoms with Crippen LogP contribution in [0.25, 0.3) is 0 Å². The number of halogens is 1. The average molecular weight is 295 g/mol. The van der Waals surface area contributed by atoms with E-state index < -0.39 is 18.2 Å². The Bertz CT molecular complexity index is 560. The maximum atomic E-state index is 12.8. The number of carbonyl (C=O) groups is 1. The van der Waals surface area contributed by atoms with Gasteiger partial charge in [-0.15, -0.1) is 11.3 Å². The number of rotatable bonds is 4. The average Bonchev–Trinajstić information content (AvgIpc) is 2.91. The number of aliphatic hydroxyl groups excluding tert-OH is 1. The van der Waals surface area contributed by atoms with Crippen molar-refractivity contribution in [3.8, 4) is 0 Å². The van der Waals surface area contributed by atoms with Crippen LogP contribution in [-0.4, -0.2) is 22.2 Å². The van der Waals surface area contributed by atoms with Crippen molar-refractivity contribution in [1.82, 2.24) is 10.3 Å². The van der Waals surface area contributed by atoms with Crippen LogP contribution in [0, 0.1) is 5.82 Å². The Morgan fingerprint density at radius 3 is 2.70 bits per heavy atom. The van der Waals surface area contributed by atoms with E-state index in [9.17, 15) is 14.3 Å². The van der Waals surface area contributed by atoms with Gasteiger partial charge in [0.25, 0.3) is 0 Å². The summed E-state index contributed by atoms with van der Waals surface area (Å²) in [5.41, 5.74) is 0.536. The van der Waals surface area contributed by atoms with Crippen molar-refractivity contribution in [2.24, 2.45) is 0 Å². The first-order valence-corrected chi connectivity index (χ1v) is 6.85. The molecule has 0 fully saturated rings. The lowest BCUT2D eigenvalue weighted by Crippen LogP contribution is -2.39. The first-order valence-electron chi connectivity index (χ1n) is 5.97. The number of aliphatic hydroxyl groups is 1. The Labute approximate surface area is 119 Å². The third-order valence-corrected chi connectivity index (χ3v) is 3.39. The molecule has 0 aliphatic heterocycles. The highest BCUT2D eigenvalue weighted by molar-refractivity contribution is 7.13. The van der Waals surface area contributed by atoms with Crippen LogP contribution in [-0.2, 0) is 0 Å². The number of hydrogen-bond donors (Lipinski definition) is 3. The Morgan fingerprint density at radius 2 is 2.10 bits per heavy atom. The predicted molar refractivity (Wildman–Crippen MR) is 75.1 cm³/mol. The maximum absolute atomic E-state index is 12.8. The van der Waals surface area contributed by atoms with E-state index in [4.69, 9.17) is 0 Å². The molecule has 2 amide bonds. The van der Waals surface area contributed by atoms with Crippen LogP contribution in [0.1, 0.15) is 18.6 Å². The fourth-order valence-corrected chi connectivity index (χ4v) is 2.18. The van der Waals surface area contributed by atoms with Gasteiger partial charge < -0.3 is 10.4 Å². The lowest BCUT2D eigenvalue weighted by molar-refractivity contribution is 0.139. The van der Waals surface area contributed by atoms with Crippen LogP contribution < -0.4 is 10.6 Å². The van der Waals surface area contributed by atoms with E-state index >= 15 is 0 Å². The van der Waals surface area contributed by atoms with Crippen molar-refractivity contribution >= 4 is 22.5 Å². The van der Waals surface area contributed by atoms with Gasteiger partial charge in [0.1, 0.15) is 5.82 Å². The molecule has 5 nitrogen and oxygen atoms in total. The summed E-state index contributed by atoms with van der Waals surface area (Å²) in [5, 5.41) is 17.5. The molecule has 106 valence electrons. The second-order valence-electron chi connectivity index (χ2n) is 4.22. The fourth-order valence-electron chi connectivity index (χ4n) is 1.65. The molecule has 3 N–H and O–H groups in total. The van der Waals surface area contributed by atoms with Gasteiger partial charge in [-0.3, -0.25) is 5.32 Å². The summed E-state index contributed by atoms with van der Waals surface area (Å²) in [6.07, 6.45) is 0.662. The van der Waals surface area contributed by atoms with Gasteiger partial charge in [-0.1, -0.05) is 12.1 Å². The molecule has 0 saturated heterocycles. The van der Waals surface area contributed by atoms with Crippen molar-refractivity contribution in [2.45, 2.75) is 19.1 Å². The maximum Gasteiger partial charge on any atom is 0.321 e. The molecule has 0 aliphatic carbocycles. The lowest BCUT2D eigenvalue weighted by atomic mass is 10.0. The molecular weight excluding hydrogens is 281 g/mol. The van der Waals surface area contributed by atoms with E-state index in [1.54, 1.807) is 18.5 Å². The fraction of sp³-hybridized carbons (Fsp3) is 0.231. The highest BCUT2D eigenvalue weighted by Crippen LogP contribution is 2.17. The lowest BCUT2D eigenvalue weighted by Gasteiger charge is -2.20. The van der Waals surface area contributed by atoms with Crippen molar-refractivity contribution in [1.29, 1.82) is 0 Å². The molecule has 1 aromatic heterocycles. The van der Waals surface area contributed by atoms with Crippen molar-refractivity contribution in [3.05, 3.63) is 47.2 Å². The normalized spacial score (nSPS) is 13.6. The zero-order valence-electron chi connectivity index (χ0n) is 10.7. The van der Waals surface area contributed by atoms with E-state index in [2.05, 4.69) is 15.6 Å². The molecule has 1 heterocycles. The van der Waals surface area contributed by atoms with Crippen LogP contribution in [0.4, 0.5) is 14.3 Å². The molecule has 0 bridgehead atoms. The van der Waals surface area contributed by atoms with E-state index in [1.807, 2.05) is 0 Å². The number of thiazole rings is 1. The van der Waals surface area contributed by atoms with Crippen LogP contribution in [0.5, 0.6) is 0 Å². The SMILES string of the molecule is C[C@@H](NC(=O)Nc1nccs1)[C@@H](O)c1ccc(F)cc1. The second kappa shape index (κ2) is 6.44. The topological polar surface area (TPSA) is 74.2 Å². The van der Waals surface area contributed by atoms with Gasteiger partial charge in [-0.25, -0.2) is 14.2 Å². The zero-order chi connectivity index (χ0) is 14.5. The number of anilines is 1. The molecule has 0 aliphatic rings. The Kier molecular flexibility index (Phi) is 4.65. The summed E-state index contributed by atoms with van der Waals surface area (Å²) in [6.45, 7) is 1.66. The number of benzene rings is 1. The molecule has 7 heteroatoms. The second-order valence-corrected chi connectivity index (χ2v) is 5.12. The quantitative estimate of drug-likeness (QED) is 0.811. The minimum Gasteiger partial charge on any atom is -0.386 e. The van der Waals surface area contributed by atoms with Gasteiger partial charge in [0.15, 0.2) is 5.13 Å². The van der Waals surface area contributed by atoms with E-state index in [1.165, 1.54) is 35.6 Å². The number of carbonyl (C=O) groups excluding carboxylic acids is 1. The number of amides is 2. The molecule has 1 aromatic carbocycles. The Morgan fingerprint density at radius 1 is 1.40 bits per heavy atom. The number of nitrogens with one attached hydrogen (secondary N) is 2. The van der Waals surface area contributed by atoms with Gasteiger partial charge in [0.2, 0.25) is 0 Å². The summed E-state index contributed by atoms with van der Waals surface area (Å²) in [4.78, 5) is 15.6. The van der Waals surface area contributed by atoms with Crippen LogP contribution in [0.15, 0.2) is 35.8 Å². The van der Waals surface area contributed by atoms with Crippen LogP contribution in [0.2, 0.25) is 0 Å². The summed E-state index contributed by atoms with van der Waals surface area (Å²) >= 11 is 1.30. The largest absolute Gasteiger partial charge is 0.386 e. The standard InChI is InChI=1S/C13H14FN3O2S/c1-8(11(18)9-2-4-10(14)5-3-9)16-12(19)17-13-15-6-7-20-13/h2-8,11,18H,1H3,(H2,15,16,17,19)/t8-,11-/m1/s1. The molecule has 2 atom stereocenters. The molecule has 0 saturated carbocycles. The summed E-state index contributed by atoms with van der Waals surface area (Å²) in [6, 6.07) is 4.52. The number of nitrogens with zero attached hydrogens (tertiary/aromatic N) is 1. The van der Waals surface area contributed by atoms with Crippen molar-refractivity contribution in [2.75, 3.05) is 5.32 Å². The molecule has 2 rings (SSSR count). The number of aromatic nitrogens is 1. The first kappa shape index (κ1) is 14.4. The van der Waals surface area contributed by atoms with E-state index in [-0.39, 0.29) is 5.82 Å². The van der Waals surface area contributed by atoms with Gasteiger partial charge in [-0.2, -0.15) is 0 Å². The number of urea groups is 1. The molecular formula is C13H14FN3O2S. The predicted octanol–water partition coefficient (Wildman–Crippen LogP) is 2.53. The van der Waals surface area contributed by atoms with Gasteiger partial charge in [0, 0.05) is 11.6 Å². The molecule has 0 radical (unpaired) electrons. The zero-order valence-corrected chi connectivity index (χ0v) is 11.5. The molecule has 0 unspecified atom stereocenters.